The minimum atomic E-state index is -0.708. The Bertz CT molecular complexity index is 1640. The van der Waals surface area contributed by atoms with Crippen LogP contribution >= 0.6 is 0 Å². The summed E-state index contributed by atoms with van der Waals surface area (Å²) in [5.74, 6) is -0.480. The molecule has 6 aromatic rings. The number of rotatable bonds is 13. The van der Waals surface area contributed by atoms with Gasteiger partial charge in [-0.05, 0) is 59.7 Å². The van der Waals surface area contributed by atoms with Crippen molar-refractivity contribution in [3.8, 4) is 0 Å². The Morgan fingerprint density at radius 3 is 0.854 bits per heavy atom. The SMILES string of the molecule is O=C(COC(c1ccccc1)C(OCC(=O)N(c1ccccc1)c1ccccc1)c1ccccc1)N(c1ccccc1)c1ccccc1. The number of nitrogens with zero attached hydrogens (tertiary/aromatic N) is 2. The molecule has 0 aromatic heterocycles. The molecule has 0 spiro atoms. The molecule has 48 heavy (non-hydrogen) atoms. The van der Waals surface area contributed by atoms with E-state index in [0.717, 1.165) is 33.9 Å². The van der Waals surface area contributed by atoms with Crippen LogP contribution in [0, 0.1) is 0 Å². The molecule has 0 N–H and O–H groups in total. The maximum atomic E-state index is 14.0. The summed E-state index contributed by atoms with van der Waals surface area (Å²) in [5.41, 5.74) is 4.57. The Labute approximate surface area is 281 Å². The van der Waals surface area contributed by atoms with Crippen molar-refractivity contribution in [2.45, 2.75) is 12.2 Å². The second kappa shape index (κ2) is 16.1. The minimum absolute atomic E-state index is 0.232. The van der Waals surface area contributed by atoms with Gasteiger partial charge in [-0.1, -0.05) is 133 Å². The van der Waals surface area contributed by atoms with Crippen molar-refractivity contribution in [2.75, 3.05) is 23.0 Å². The molecule has 0 radical (unpaired) electrons. The first-order valence-electron chi connectivity index (χ1n) is 15.9. The van der Waals surface area contributed by atoms with Crippen molar-refractivity contribution < 1.29 is 19.1 Å². The van der Waals surface area contributed by atoms with Gasteiger partial charge in [0.05, 0.1) is 0 Å². The summed E-state index contributed by atoms with van der Waals surface area (Å²) in [5, 5.41) is 0. The largest absolute Gasteiger partial charge is 0.361 e. The van der Waals surface area contributed by atoms with Gasteiger partial charge < -0.3 is 9.47 Å². The summed E-state index contributed by atoms with van der Waals surface area (Å²) >= 11 is 0. The molecule has 0 saturated carbocycles. The van der Waals surface area contributed by atoms with Gasteiger partial charge in [-0.15, -0.1) is 0 Å². The second-order valence-electron chi connectivity index (χ2n) is 11.1. The number of para-hydroxylation sites is 4. The van der Waals surface area contributed by atoms with Crippen molar-refractivity contribution in [2.24, 2.45) is 0 Å². The summed E-state index contributed by atoms with van der Waals surface area (Å²) < 4.78 is 13.1. The van der Waals surface area contributed by atoms with E-state index in [9.17, 15) is 9.59 Å². The fourth-order valence-corrected chi connectivity index (χ4v) is 5.64. The van der Waals surface area contributed by atoms with Crippen molar-refractivity contribution in [3.05, 3.63) is 193 Å². The average Bonchev–Trinajstić information content (AvgIpc) is 3.15. The molecular weight excluding hydrogens is 596 g/mol. The predicted molar refractivity (Wildman–Crippen MR) is 190 cm³/mol. The first-order valence-corrected chi connectivity index (χ1v) is 15.9. The molecule has 0 aliphatic heterocycles. The van der Waals surface area contributed by atoms with Gasteiger partial charge in [0, 0.05) is 22.7 Å². The van der Waals surface area contributed by atoms with E-state index in [1.807, 2.05) is 182 Å². The van der Waals surface area contributed by atoms with Crippen LogP contribution in [-0.2, 0) is 19.1 Å². The third-order valence-electron chi connectivity index (χ3n) is 7.86. The fourth-order valence-electron chi connectivity index (χ4n) is 5.64. The molecule has 0 aliphatic rings. The van der Waals surface area contributed by atoms with Crippen molar-refractivity contribution >= 4 is 34.6 Å². The van der Waals surface area contributed by atoms with Gasteiger partial charge in [0.1, 0.15) is 25.4 Å². The normalized spacial score (nSPS) is 12.1. The van der Waals surface area contributed by atoms with Gasteiger partial charge in [-0.25, -0.2) is 0 Å². The zero-order valence-electron chi connectivity index (χ0n) is 26.4. The van der Waals surface area contributed by atoms with Gasteiger partial charge in [0.25, 0.3) is 11.8 Å². The van der Waals surface area contributed by atoms with Gasteiger partial charge in [-0.3, -0.25) is 19.4 Å². The van der Waals surface area contributed by atoms with Crippen LogP contribution in [0.3, 0.4) is 0 Å². The smallest absolute Gasteiger partial charge is 0.257 e. The lowest BCUT2D eigenvalue weighted by Crippen LogP contribution is -2.33. The van der Waals surface area contributed by atoms with Crippen LogP contribution in [0.5, 0.6) is 0 Å². The molecule has 6 rings (SSSR count). The number of hydrogen-bond donors (Lipinski definition) is 0. The number of carbonyl (C=O) groups excluding carboxylic acids is 2. The summed E-state index contributed by atoms with van der Waals surface area (Å²) in [6.07, 6.45) is -1.42. The predicted octanol–water partition coefficient (Wildman–Crippen LogP) is 9.23. The molecule has 2 atom stereocenters. The van der Waals surface area contributed by atoms with Gasteiger partial charge in [-0.2, -0.15) is 0 Å². The summed E-state index contributed by atoms with van der Waals surface area (Å²) in [4.78, 5) is 31.3. The molecule has 6 aromatic carbocycles. The highest BCUT2D eigenvalue weighted by atomic mass is 16.5. The van der Waals surface area contributed by atoms with Crippen molar-refractivity contribution in [1.82, 2.24) is 0 Å². The maximum Gasteiger partial charge on any atom is 0.257 e. The highest BCUT2D eigenvalue weighted by Gasteiger charge is 2.30. The van der Waals surface area contributed by atoms with Crippen LogP contribution in [0.15, 0.2) is 182 Å². The lowest BCUT2D eigenvalue weighted by atomic mass is 9.98. The Balaban J connectivity index is 1.30. The number of anilines is 4. The molecule has 6 nitrogen and oxygen atoms in total. The summed E-state index contributed by atoms with van der Waals surface area (Å²) in [7, 11) is 0. The van der Waals surface area contributed by atoms with Crippen LogP contribution in [0.4, 0.5) is 22.7 Å². The van der Waals surface area contributed by atoms with Crippen LogP contribution in [0.1, 0.15) is 23.3 Å². The number of hydrogen-bond acceptors (Lipinski definition) is 4. The fraction of sp³-hybridized carbons (Fsp3) is 0.0952. The third kappa shape index (κ3) is 7.93. The Hall–Kier alpha value is -5.82. The lowest BCUT2D eigenvalue weighted by molar-refractivity contribution is -0.137. The topological polar surface area (TPSA) is 59.1 Å². The van der Waals surface area contributed by atoms with E-state index in [4.69, 9.17) is 9.47 Å². The Morgan fingerprint density at radius 2 is 0.604 bits per heavy atom. The van der Waals surface area contributed by atoms with Crippen molar-refractivity contribution in [3.63, 3.8) is 0 Å². The average molecular weight is 633 g/mol. The van der Waals surface area contributed by atoms with E-state index in [1.54, 1.807) is 9.80 Å². The summed E-state index contributed by atoms with van der Waals surface area (Å²) in [6, 6.07) is 57.4. The number of benzene rings is 6. The Morgan fingerprint density at radius 1 is 0.375 bits per heavy atom. The first kappa shape index (κ1) is 32.1. The molecule has 0 bridgehead atoms. The molecule has 6 heteroatoms. The van der Waals surface area contributed by atoms with E-state index in [2.05, 4.69) is 0 Å². The van der Waals surface area contributed by atoms with E-state index in [1.165, 1.54) is 0 Å². The molecule has 0 fully saturated rings. The molecule has 238 valence electrons. The van der Waals surface area contributed by atoms with Gasteiger partial charge >= 0.3 is 0 Å². The van der Waals surface area contributed by atoms with E-state index < -0.39 is 12.2 Å². The molecule has 0 aliphatic carbocycles. The van der Waals surface area contributed by atoms with Crippen molar-refractivity contribution in [1.29, 1.82) is 0 Å². The van der Waals surface area contributed by atoms with E-state index in [0.29, 0.717) is 0 Å². The van der Waals surface area contributed by atoms with Gasteiger partial charge in [0.15, 0.2) is 0 Å². The molecule has 0 heterocycles. The molecular formula is C42H36N2O4. The zero-order chi connectivity index (χ0) is 33.0. The van der Waals surface area contributed by atoms with Crippen LogP contribution < -0.4 is 9.80 Å². The standard InChI is InChI=1S/C42H36N2O4/c45-39(43(35-23-11-3-12-24-35)36-25-13-4-14-26-36)31-47-41(33-19-7-1-8-20-33)42(34-21-9-2-10-22-34)48-32-40(46)44(37-27-15-5-16-28-37)38-29-17-6-18-30-38/h1-30,41-42H,31-32H2. The quantitative estimate of drug-likeness (QED) is 0.127. The Kier molecular flexibility index (Phi) is 10.8. The molecule has 2 unspecified atom stereocenters. The molecule has 0 saturated heterocycles. The zero-order valence-corrected chi connectivity index (χ0v) is 26.4. The second-order valence-corrected chi connectivity index (χ2v) is 11.1. The van der Waals surface area contributed by atoms with Crippen LogP contribution in [0.2, 0.25) is 0 Å². The van der Waals surface area contributed by atoms with Crippen LogP contribution in [0.25, 0.3) is 0 Å². The monoisotopic (exact) mass is 632 g/mol. The van der Waals surface area contributed by atoms with E-state index in [-0.39, 0.29) is 25.0 Å². The minimum Gasteiger partial charge on any atom is -0.361 e. The maximum absolute atomic E-state index is 14.0. The first-order chi connectivity index (χ1) is 23.7. The number of amides is 2. The van der Waals surface area contributed by atoms with E-state index >= 15 is 0 Å². The number of ether oxygens (including phenoxy) is 2. The molecule has 2 amide bonds. The highest BCUT2D eigenvalue weighted by molar-refractivity contribution is 6.02. The summed E-state index contributed by atoms with van der Waals surface area (Å²) in [6.45, 7) is -0.464. The lowest BCUT2D eigenvalue weighted by Gasteiger charge is -2.30. The third-order valence-corrected chi connectivity index (χ3v) is 7.86. The van der Waals surface area contributed by atoms with Gasteiger partial charge in [0.2, 0.25) is 0 Å². The van der Waals surface area contributed by atoms with Crippen LogP contribution in [-0.4, -0.2) is 25.0 Å². The highest BCUT2D eigenvalue weighted by Crippen LogP contribution is 2.36. The number of carbonyl (C=O) groups is 2.